The summed E-state index contributed by atoms with van der Waals surface area (Å²) in [5.41, 5.74) is 2.13. The molecule has 0 spiro atoms. The Labute approximate surface area is 231 Å². The molecule has 206 valence electrons. The van der Waals surface area contributed by atoms with Crippen LogP contribution in [0.3, 0.4) is 0 Å². The Bertz CT molecular complexity index is 1320. The number of hydrogen-bond acceptors (Lipinski definition) is 8. The summed E-state index contributed by atoms with van der Waals surface area (Å²) < 4.78 is 14.5. The molecular weight excluding hydrogens is 525 g/mol. The van der Waals surface area contributed by atoms with Gasteiger partial charge in [0, 0.05) is 74.1 Å². The molecule has 1 aliphatic rings. The molecule has 0 radical (unpaired) electrons. The predicted octanol–water partition coefficient (Wildman–Crippen LogP) is 4.06. The molecule has 1 aromatic carbocycles. The number of carbonyl (C=O) groups is 2. The fourth-order valence-electron chi connectivity index (χ4n) is 4.21. The average Bonchev–Trinajstić information content (AvgIpc) is 2.90. The molecule has 0 atom stereocenters. The highest BCUT2D eigenvalue weighted by molar-refractivity contribution is 6.30. The summed E-state index contributed by atoms with van der Waals surface area (Å²) in [6.45, 7) is 4.55. The van der Waals surface area contributed by atoms with Crippen LogP contribution < -0.4 is 10.6 Å². The van der Waals surface area contributed by atoms with E-state index in [0.717, 1.165) is 26.2 Å². The Morgan fingerprint density at radius 2 is 1.87 bits per heavy atom. The third-order valence-electron chi connectivity index (χ3n) is 6.44. The number of piperazine rings is 1. The number of nitrogens with one attached hydrogen (secondary N) is 2. The van der Waals surface area contributed by atoms with Gasteiger partial charge in [-0.15, -0.1) is 5.10 Å². The Morgan fingerprint density at radius 1 is 1.08 bits per heavy atom. The third-order valence-corrected chi connectivity index (χ3v) is 6.67. The highest BCUT2D eigenvalue weighted by atomic mass is 35.5. The van der Waals surface area contributed by atoms with E-state index in [-0.39, 0.29) is 23.6 Å². The molecule has 0 bridgehead atoms. The molecule has 10 nitrogen and oxygen atoms in total. The van der Waals surface area contributed by atoms with Gasteiger partial charge in [-0.3, -0.25) is 9.59 Å². The smallest absolute Gasteiger partial charge is 0.303 e. The van der Waals surface area contributed by atoms with Crippen molar-refractivity contribution in [2.24, 2.45) is 0 Å². The van der Waals surface area contributed by atoms with Crippen molar-refractivity contribution >= 4 is 40.7 Å². The van der Waals surface area contributed by atoms with Crippen LogP contribution in [-0.4, -0.2) is 81.7 Å². The molecule has 1 saturated heterocycles. The minimum Gasteiger partial charge on any atom is -0.481 e. The van der Waals surface area contributed by atoms with Crippen LogP contribution in [0.1, 0.15) is 25.0 Å². The van der Waals surface area contributed by atoms with Crippen molar-refractivity contribution in [2.45, 2.75) is 25.7 Å². The lowest BCUT2D eigenvalue weighted by Gasteiger charge is -2.32. The first kappa shape index (κ1) is 28.3. The molecule has 3 heterocycles. The number of pyridine rings is 1. The van der Waals surface area contributed by atoms with Crippen LogP contribution in [0.15, 0.2) is 42.6 Å². The van der Waals surface area contributed by atoms with Crippen molar-refractivity contribution in [3.05, 3.63) is 59.1 Å². The van der Waals surface area contributed by atoms with Crippen LogP contribution >= 0.6 is 11.6 Å². The number of halogens is 2. The van der Waals surface area contributed by atoms with Crippen molar-refractivity contribution in [1.82, 2.24) is 25.0 Å². The maximum absolute atomic E-state index is 14.5. The molecule has 4 rings (SSSR count). The fourth-order valence-corrected chi connectivity index (χ4v) is 4.38. The Hall–Kier alpha value is -3.67. The van der Waals surface area contributed by atoms with Gasteiger partial charge in [-0.05, 0) is 50.2 Å². The van der Waals surface area contributed by atoms with Gasteiger partial charge in [-0.25, -0.2) is 9.37 Å². The first-order valence-corrected chi connectivity index (χ1v) is 13.1. The molecule has 2 aromatic heterocycles. The summed E-state index contributed by atoms with van der Waals surface area (Å²) in [7, 11) is 2.09. The Kier molecular flexibility index (Phi) is 9.74. The lowest BCUT2D eigenvalue weighted by atomic mass is 10.1. The first-order chi connectivity index (χ1) is 18.8. The number of rotatable bonds is 11. The largest absolute Gasteiger partial charge is 0.481 e. The summed E-state index contributed by atoms with van der Waals surface area (Å²) in [5.74, 6) is -1.14. The molecule has 12 heteroatoms. The molecule has 0 aliphatic carbocycles. The second kappa shape index (κ2) is 13.4. The second-order valence-corrected chi connectivity index (χ2v) is 9.90. The van der Waals surface area contributed by atoms with E-state index in [2.05, 4.69) is 42.7 Å². The van der Waals surface area contributed by atoms with E-state index in [1.807, 2.05) is 0 Å². The van der Waals surface area contributed by atoms with Crippen molar-refractivity contribution in [3.8, 4) is 11.3 Å². The van der Waals surface area contributed by atoms with Crippen LogP contribution in [0.5, 0.6) is 0 Å². The van der Waals surface area contributed by atoms with Gasteiger partial charge in [-0.2, -0.15) is 5.10 Å². The van der Waals surface area contributed by atoms with Gasteiger partial charge in [0.05, 0.1) is 17.1 Å². The zero-order valence-corrected chi connectivity index (χ0v) is 22.4. The van der Waals surface area contributed by atoms with Crippen molar-refractivity contribution in [2.75, 3.05) is 50.4 Å². The van der Waals surface area contributed by atoms with Gasteiger partial charge in [0.15, 0.2) is 0 Å². The Balaban J connectivity index is 1.48. The quantitative estimate of drug-likeness (QED) is 0.321. The minimum absolute atomic E-state index is 0.0225. The molecule has 3 aromatic rings. The normalized spacial score (nSPS) is 14.2. The number of aromatic nitrogens is 3. The van der Waals surface area contributed by atoms with Crippen molar-refractivity contribution in [1.29, 1.82) is 0 Å². The SMILES string of the molecule is CN1CCN(CCC(=O)Nc2cc(Nc3cc(-c4cc(Cl)ccc4F)nnc3CCCC(=O)O)ccn2)CC1. The standard InChI is InChI=1S/C27H31ClFN7O3/c1-35-11-13-36(14-12-35)10-8-26(37)32-25-16-19(7-9-30-25)31-24-17-23(20-15-18(28)5-6-21(20)29)34-33-22(24)3-2-4-27(38)39/h5-7,9,15-17H,2-4,8,10-14H2,1H3,(H,38,39)(H2,30,31,32,34,37). The number of benzene rings is 1. The predicted molar refractivity (Wildman–Crippen MR) is 148 cm³/mol. The second-order valence-electron chi connectivity index (χ2n) is 9.46. The fraction of sp³-hybridized carbons (Fsp3) is 0.370. The van der Waals surface area contributed by atoms with E-state index < -0.39 is 11.8 Å². The minimum atomic E-state index is -0.905. The van der Waals surface area contributed by atoms with Crippen LogP contribution in [0.2, 0.25) is 5.02 Å². The van der Waals surface area contributed by atoms with Crippen LogP contribution in [0, 0.1) is 5.82 Å². The zero-order chi connectivity index (χ0) is 27.8. The van der Waals surface area contributed by atoms with E-state index >= 15 is 0 Å². The van der Waals surface area contributed by atoms with Gasteiger partial charge < -0.3 is 25.5 Å². The topological polar surface area (TPSA) is 124 Å². The number of carboxylic acids is 1. The van der Waals surface area contributed by atoms with E-state index in [1.165, 1.54) is 18.2 Å². The summed E-state index contributed by atoms with van der Waals surface area (Å²) in [4.78, 5) is 32.3. The Morgan fingerprint density at radius 3 is 2.64 bits per heavy atom. The molecule has 0 unspecified atom stereocenters. The number of carbonyl (C=O) groups excluding carboxylic acids is 1. The van der Waals surface area contributed by atoms with E-state index in [1.54, 1.807) is 24.4 Å². The summed E-state index contributed by atoms with van der Waals surface area (Å²) in [6.07, 6.45) is 2.61. The monoisotopic (exact) mass is 555 g/mol. The maximum atomic E-state index is 14.5. The lowest BCUT2D eigenvalue weighted by Crippen LogP contribution is -2.45. The summed E-state index contributed by atoms with van der Waals surface area (Å²) in [6, 6.07) is 9.24. The summed E-state index contributed by atoms with van der Waals surface area (Å²) in [5, 5.41) is 23.9. The molecule has 0 saturated carbocycles. The number of aliphatic carboxylic acids is 1. The number of anilines is 3. The summed E-state index contributed by atoms with van der Waals surface area (Å²) >= 11 is 6.06. The van der Waals surface area contributed by atoms with Gasteiger partial charge in [0.25, 0.3) is 0 Å². The number of aryl methyl sites for hydroxylation is 1. The number of carboxylic acid groups (broad SMARTS) is 1. The van der Waals surface area contributed by atoms with E-state index in [9.17, 15) is 14.0 Å². The van der Waals surface area contributed by atoms with E-state index in [0.29, 0.717) is 53.7 Å². The average molecular weight is 556 g/mol. The van der Waals surface area contributed by atoms with E-state index in [4.69, 9.17) is 16.7 Å². The number of amides is 1. The van der Waals surface area contributed by atoms with Crippen LogP contribution in [-0.2, 0) is 16.0 Å². The van der Waals surface area contributed by atoms with Gasteiger partial charge >= 0.3 is 5.97 Å². The highest BCUT2D eigenvalue weighted by Gasteiger charge is 2.16. The number of likely N-dealkylation sites (N-methyl/N-ethyl adjacent to an activating group) is 1. The lowest BCUT2D eigenvalue weighted by molar-refractivity contribution is -0.137. The molecule has 1 fully saturated rings. The van der Waals surface area contributed by atoms with Crippen LogP contribution in [0.25, 0.3) is 11.3 Å². The molecule has 3 N–H and O–H groups in total. The number of hydrogen-bond donors (Lipinski definition) is 3. The molecule has 39 heavy (non-hydrogen) atoms. The first-order valence-electron chi connectivity index (χ1n) is 12.7. The third kappa shape index (κ3) is 8.41. The van der Waals surface area contributed by atoms with Crippen LogP contribution in [0.4, 0.5) is 21.6 Å². The van der Waals surface area contributed by atoms with Gasteiger partial charge in [0.1, 0.15) is 11.6 Å². The van der Waals surface area contributed by atoms with Gasteiger partial charge in [0.2, 0.25) is 5.91 Å². The number of nitrogens with zero attached hydrogens (tertiary/aromatic N) is 5. The molecule has 1 amide bonds. The van der Waals surface area contributed by atoms with Gasteiger partial charge in [-0.1, -0.05) is 11.6 Å². The zero-order valence-electron chi connectivity index (χ0n) is 21.7. The maximum Gasteiger partial charge on any atom is 0.303 e. The highest BCUT2D eigenvalue weighted by Crippen LogP contribution is 2.29. The van der Waals surface area contributed by atoms with Crippen molar-refractivity contribution in [3.63, 3.8) is 0 Å². The van der Waals surface area contributed by atoms with Crippen molar-refractivity contribution < 1.29 is 19.1 Å². The molecule has 1 aliphatic heterocycles. The molecular formula is C27H31ClFN7O3.